The zero-order chi connectivity index (χ0) is 12.5. The van der Waals surface area contributed by atoms with Gasteiger partial charge in [-0.3, -0.25) is 0 Å². The van der Waals surface area contributed by atoms with Crippen LogP contribution in [0, 0.1) is 5.92 Å². The maximum Gasteiger partial charge on any atom is 0.175 e. The molecule has 1 aromatic rings. The lowest BCUT2D eigenvalue weighted by atomic mass is 10.0. The van der Waals surface area contributed by atoms with Gasteiger partial charge >= 0.3 is 0 Å². The van der Waals surface area contributed by atoms with E-state index in [1.54, 1.807) is 12.1 Å². The molecule has 4 heteroatoms. The van der Waals surface area contributed by atoms with Crippen molar-refractivity contribution >= 4 is 9.84 Å². The van der Waals surface area contributed by atoms with Crippen molar-refractivity contribution in [2.45, 2.75) is 30.2 Å². The molecule has 1 aliphatic carbocycles. The minimum Gasteiger partial charge on any atom is -0.313 e. The Bertz CT molecular complexity index is 475. The fourth-order valence-corrected chi connectivity index (χ4v) is 2.69. The standard InChI is InChI=1S/C13H19NO2S/c1-14-13(9-10-3-4-10)11-5-7-12(8-6-11)17(2,15)16/h5-8,10,13-14H,3-4,9H2,1-2H3. The topological polar surface area (TPSA) is 46.2 Å². The Morgan fingerprint density at radius 1 is 1.29 bits per heavy atom. The van der Waals surface area contributed by atoms with Crippen molar-refractivity contribution in [2.75, 3.05) is 13.3 Å². The van der Waals surface area contributed by atoms with E-state index in [1.807, 2.05) is 19.2 Å². The Hall–Kier alpha value is -0.870. The SMILES string of the molecule is CNC(CC1CC1)c1ccc(S(C)(=O)=O)cc1. The summed E-state index contributed by atoms with van der Waals surface area (Å²) < 4.78 is 22.7. The van der Waals surface area contributed by atoms with E-state index >= 15 is 0 Å². The molecule has 17 heavy (non-hydrogen) atoms. The van der Waals surface area contributed by atoms with E-state index in [0.717, 1.165) is 12.3 Å². The van der Waals surface area contributed by atoms with Gasteiger partial charge in [-0.05, 0) is 37.1 Å². The monoisotopic (exact) mass is 253 g/mol. The molecule has 1 fully saturated rings. The van der Waals surface area contributed by atoms with Gasteiger partial charge in [0.15, 0.2) is 9.84 Å². The molecular weight excluding hydrogens is 234 g/mol. The van der Waals surface area contributed by atoms with Crippen LogP contribution < -0.4 is 5.32 Å². The van der Waals surface area contributed by atoms with Gasteiger partial charge < -0.3 is 5.32 Å². The van der Waals surface area contributed by atoms with Gasteiger partial charge in [-0.15, -0.1) is 0 Å². The second-order valence-electron chi connectivity index (χ2n) is 4.86. The first-order chi connectivity index (χ1) is 8.00. The van der Waals surface area contributed by atoms with E-state index in [0.29, 0.717) is 10.9 Å². The molecule has 1 atom stereocenters. The molecule has 94 valence electrons. The number of rotatable bonds is 5. The van der Waals surface area contributed by atoms with Gasteiger partial charge in [-0.25, -0.2) is 8.42 Å². The van der Waals surface area contributed by atoms with Crippen molar-refractivity contribution in [3.63, 3.8) is 0 Å². The quantitative estimate of drug-likeness (QED) is 0.874. The van der Waals surface area contributed by atoms with Crippen LogP contribution in [-0.2, 0) is 9.84 Å². The summed E-state index contributed by atoms with van der Waals surface area (Å²) >= 11 is 0. The molecule has 3 nitrogen and oxygen atoms in total. The normalized spacial score (nSPS) is 18.0. The van der Waals surface area contributed by atoms with Crippen LogP contribution in [-0.4, -0.2) is 21.7 Å². The minimum absolute atomic E-state index is 0.344. The van der Waals surface area contributed by atoms with Crippen LogP contribution in [0.25, 0.3) is 0 Å². The molecule has 0 amide bonds. The van der Waals surface area contributed by atoms with Crippen LogP contribution in [0.2, 0.25) is 0 Å². The molecular formula is C13H19NO2S. The van der Waals surface area contributed by atoms with Gasteiger partial charge in [0.1, 0.15) is 0 Å². The van der Waals surface area contributed by atoms with Gasteiger partial charge in [0.2, 0.25) is 0 Å². The number of benzene rings is 1. The van der Waals surface area contributed by atoms with Crippen LogP contribution in [0.3, 0.4) is 0 Å². The third-order valence-corrected chi connectivity index (χ3v) is 4.45. The number of hydrogen-bond acceptors (Lipinski definition) is 3. The van der Waals surface area contributed by atoms with E-state index < -0.39 is 9.84 Å². The molecule has 1 aliphatic rings. The number of sulfone groups is 1. The van der Waals surface area contributed by atoms with Crippen molar-refractivity contribution in [1.29, 1.82) is 0 Å². The van der Waals surface area contributed by atoms with Crippen molar-refractivity contribution in [3.05, 3.63) is 29.8 Å². The average Bonchev–Trinajstić information content (AvgIpc) is 3.09. The van der Waals surface area contributed by atoms with Gasteiger partial charge in [-0.2, -0.15) is 0 Å². The van der Waals surface area contributed by atoms with Crippen molar-refractivity contribution in [2.24, 2.45) is 5.92 Å². The predicted molar refractivity (Wildman–Crippen MR) is 68.7 cm³/mol. The summed E-state index contributed by atoms with van der Waals surface area (Å²) in [6, 6.07) is 7.57. The van der Waals surface area contributed by atoms with Crippen molar-refractivity contribution < 1.29 is 8.42 Å². The number of hydrogen-bond donors (Lipinski definition) is 1. The largest absolute Gasteiger partial charge is 0.313 e. The summed E-state index contributed by atoms with van der Waals surface area (Å²) in [6.07, 6.45) is 5.05. The highest BCUT2D eigenvalue weighted by atomic mass is 32.2. The van der Waals surface area contributed by atoms with E-state index in [9.17, 15) is 8.42 Å². The van der Waals surface area contributed by atoms with Crippen LogP contribution in [0.15, 0.2) is 29.2 Å². The van der Waals surface area contributed by atoms with Crippen LogP contribution in [0.4, 0.5) is 0 Å². The fraction of sp³-hybridized carbons (Fsp3) is 0.538. The highest BCUT2D eigenvalue weighted by Crippen LogP contribution is 2.37. The Morgan fingerprint density at radius 3 is 2.29 bits per heavy atom. The summed E-state index contributed by atoms with van der Waals surface area (Å²) in [5.41, 5.74) is 1.17. The molecule has 0 radical (unpaired) electrons. The summed E-state index contributed by atoms with van der Waals surface area (Å²) in [5, 5.41) is 3.30. The van der Waals surface area contributed by atoms with E-state index in [4.69, 9.17) is 0 Å². The molecule has 0 aromatic heterocycles. The van der Waals surface area contributed by atoms with Crippen LogP contribution >= 0.6 is 0 Å². The van der Waals surface area contributed by atoms with Crippen molar-refractivity contribution in [1.82, 2.24) is 5.32 Å². The zero-order valence-corrected chi connectivity index (χ0v) is 11.1. The van der Waals surface area contributed by atoms with E-state index in [1.165, 1.54) is 24.7 Å². The molecule has 2 rings (SSSR count). The molecule has 1 unspecified atom stereocenters. The molecule has 1 N–H and O–H groups in total. The Balaban J connectivity index is 2.15. The van der Waals surface area contributed by atoms with Crippen molar-refractivity contribution in [3.8, 4) is 0 Å². The summed E-state index contributed by atoms with van der Waals surface area (Å²) in [4.78, 5) is 0.391. The Morgan fingerprint density at radius 2 is 1.88 bits per heavy atom. The smallest absolute Gasteiger partial charge is 0.175 e. The lowest BCUT2D eigenvalue weighted by Gasteiger charge is -2.16. The van der Waals surface area contributed by atoms with E-state index in [-0.39, 0.29) is 0 Å². The zero-order valence-electron chi connectivity index (χ0n) is 10.3. The van der Waals surface area contributed by atoms with Gasteiger partial charge in [0.05, 0.1) is 4.90 Å². The fourth-order valence-electron chi connectivity index (χ4n) is 2.05. The Kier molecular flexibility index (Phi) is 3.54. The van der Waals surface area contributed by atoms with Crippen LogP contribution in [0.1, 0.15) is 30.9 Å². The van der Waals surface area contributed by atoms with Gasteiger partial charge in [-0.1, -0.05) is 25.0 Å². The second kappa shape index (κ2) is 4.78. The molecule has 0 heterocycles. The summed E-state index contributed by atoms with van der Waals surface area (Å²) in [5.74, 6) is 0.849. The van der Waals surface area contributed by atoms with Gasteiger partial charge in [0.25, 0.3) is 0 Å². The molecule has 0 spiro atoms. The average molecular weight is 253 g/mol. The maximum absolute atomic E-state index is 11.4. The Labute approximate surface area is 103 Å². The first kappa shape index (κ1) is 12.6. The molecule has 0 saturated heterocycles. The third-order valence-electron chi connectivity index (χ3n) is 3.33. The van der Waals surface area contributed by atoms with E-state index in [2.05, 4.69) is 5.32 Å². The van der Waals surface area contributed by atoms with Crippen LogP contribution in [0.5, 0.6) is 0 Å². The predicted octanol–water partition coefficient (Wildman–Crippen LogP) is 2.15. The highest BCUT2D eigenvalue weighted by molar-refractivity contribution is 7.90. The molecule has 1 aromatic carbocycles. The molecule has 0 bridgehead atoms. The molecule has 1 saturated carbocycles. The first-order valence-electron chi connectivity index (χ1n) is 5.98. The third kappa shape index (κ3) is 3.30. The lowest BCUT2D eigenvalue weighted by Crippen LogP contribution is -2.17. The highest BCUT2D eigenvalue weighted by Gasteiger charge is 2.25. The lowest BCUT2D eigenvalue weighted by molar-refractivity contribution is 0.514. The number of nitrogens with one attached hydrogen (secondary N) is 1. The minimum atomic E-state index is -3.08. The summed E-state index contributed by atoms with van der Waals surface area (Å²) in [6.45, 7) is 0. The maximum atomic E-state index is 11.4. The molecule has 0 aliphatic heterocycles. The van der Waals surface area contributed by atoms with Gasteiger partial charge in [0, 0.05) is 12.3 Å². The summed E-state index contributed by atoms with van der Waals surface area (Å²) in [7, 11) is -1.13. The second-order valence-corrected chi connectivity index (χ2v) is 6.88. The first-order valence-corrected chi connectivity index (χ1v) is 7.87.